The first-order chi connectivity index (χ1) is 8.29. The molecule has 1 fully saturated rings. The molecule has 0 spiro atoms. The Morgan fingerprint density at radius 1 is 1.41 bits per heavy atom. The zero-order valence-corrected chi connectivity index (χ0v) is 9.89. The molecule has 1 aromatic rings. The molecule has 0 saturated carbocycles. The summed E-state index contributed by atoms with van der Waals surface area (Å²) in [5, 5.41) is 0. The second-order valence-electron chi connectivity index (χ2n) is 4.14. The molecule has 0 bridgehead atoms. The molecule has 0 unspecified atom stereocenters. The highest BCUT2D eigenvalue weighted by Gasteiger charge is 2.15. The van der Waals surface area contributed by atoms with Crippen molar-refractivity contribution < 1.29 is 14.3 Å². The van der Waals surface area contributed by atoms with E-state index in [0.717, 1.165) is 38.2 Å². The molecule has 1 aliphatic rings. The molecule has 1 aromatic heterocycles. The van der Waals surface area contributed by atoms with Gasteiger partial charge in [0.15, 0.2) is 5.69 Å². The number of nitrogens with zero attached hydrogens (tertiary/aromatic N) is 2. The van der Waals surface area contributed by atoms with Crippen LogP contribution in [0.3, 0.4) is 0 Å². The average molecular weight is 236 g/mol. The van der Waals surface area contributed by atoms with Crippen LogP contribution in [0.5, 0.6) is 0 Å². The van der Waals surface area contributed by atoms with Gasteiger partial charge in [-0.1, -0.05) is 0 Å². The first-order valence-electron chi connectivity index (χ1n) is 5.76. The average Bonchev–Trinajstić information content (AvgIpc) is 2.40. The van der Waals surface area contributed by atoms with Gasteiger partial charge in [0.05, 0.1) is 19.0 Å². The molecule has 5 heteroatoms. The van der Waals surface area contributed by atoms with Gasteiger partial charge in [-0.15, -0.1) is 0 Å². The van der Waals surface area contributed by atoms with Gasteiger partial charge in [-0.3, -0.25) is 4.98 Å². The van der Waals surface area contributed by atoms with Gasteiger partial charge < -0.3 is 9.47 Å². The maximum Gasteiger partial charge on any atom is 0.358 e. The molecule has 5 nitrogen and oxygen atoms in total. The largest absolute Gasteiger partial charge is 0.464 e. The van der Waals surface area contributed by atoms with Crippen LogP contribution in [0, 0.1) is 5.92 Å². The number of carbonyl (C=O) groups is 1. The molecule has 0 atom stereocenters. The molecule has 1 saturated heterocycles. The molecule has 0 aromatic carbocycles. The molecule has 0 radical (unpaired) electrons. The molecule has 1 aliphatic heterocycles. The minimum Gasteiger partial charge on any atom is -0.464 e. The number of esters is 1. The van der Waals surface area contributed by atoms with Gasteiger partial charge in [-0.05, 0) is 25.2 Å². The second kappa shape index (κ2) is 5.72. The first-order valence-corrected chi connectivity index (χ1v) is 5.76. The van der Waals surface area contributed by atoms with Crippen molar-refractivity contribution in [3.05, 3.63) is 23.8 Å². The Morgan fingerprint density at radius 2 is 2.18 bits per heavy atom. The fourth-order valence-corrected chi connectivity index (χ4v) is 1.92. The van der Waals surface area contributed by atoms with Gasteiger partial charge in [0.2, 0.25) is 0 Å². The van der Waals surface area contributed by atoms with Gasteiger partial charge in [0.1, 0.15) is 0 Å². The van der Waals surface area contributed by atoms with E-state index in [9.17, 15) is 4.79 Å². The van der Waals surface area contributed by atoms with Crippen molar-refractivity contribution >= 4 is 5.97 Å². The Kier molecular flexibility index (Phi) is 4.03. The maximum absolute atomic E-state index is 11.2. The zero-order chi connectivity index (χ0) is 12.1. The summed E-state index contributed by atoms with van der Waals surface area (Å²) in [6.07, 6.45) is 6.17. The van der Waals surface area contributed by atoms with Gasteiger partial charge in [0.25, 0.3) is 0 Å². The lowest BCUT2D eigenvalue weighted by molar-refractivity contribution is 0.0593. The summed E-state index contributed by atoms with van der Waals surface area (Å²) in [5.74, 6) is 0.164. The Morgan fingerprint density at radius 3 is 2.76 bits per heavy atom. The van der Waals surface area contributed by atoms with E-state index in [1.54, 1.807) is 6.20 Å². The van der Waals surface area contributed by atoms with Gasteiger partial charge in [-0.2, -0.15) is 0 Å². The van der Waals surface area contributed by atoms with Crippen molar-refractivity contribution in [2.45, 2.75) is 19.3 Å². The predicted octanol–water partition coefficient (Wildman–Crippen LogP) is 1.23. The quantitative estimate of drug-likeness (QED) is 0.739. The number of hydrogen-bond donors (Lipinski definition) is 0. The van der Waals surface area contributed by atoms with Crippen LogP contribution in [0.4, 0.5) is 0 Å². The van der Waals surface area contributed by atoms with Crippen molar-refractivity contribution in [1.29, 1.82) is 0 Å². The minimum absolute atomic E-state index is 0.253. The van der Waals surface area contributed by atoms with Crippen LogP contribution in [-0.4, -0.2) is 36.3 Å². The predicted molar refractivity (Wildman–Crippen MR) is 60.6 cm³/mol. The van der Waals surface area contributed by atoms with Crippen molar-refractivity contribution in [2.75, 3.05) is 20.3 Å². The highest BCUT2D eigenvalue weighted by atomic mass is 16.5. The summed E-state index contributed by atoms with van der Waals surface area (Å²) < 4.78 is 9.87. The Balaban J connectivity index is 1.95. The van der Waals surface area contributed by atoms with E-state index < -0.39 is 5.97 Å². The van der Waals surface area contributed by atoms with Crippen molar-refractivity contribution in [2.24, 2.45) is 5.92 Å². The number of ether oxygens (including phenoxy) is 2. The molecule has 92 valence electrons. The molecule has 0 N–H and O–H groups in total. The smallest absolute Gasteiger partial charge is 0.358 e. The first kappa shape index (κ1) is 12.0. The van der Waals surface area contributed by atoms with E-state index in [0.29, 0.717) is 5.92 Å². The highest BCUT2D eigenvalue weighted by Crippen LogP contribution is 2.18. The standard InChI is InChI=1S/C12H16N2O3/c1-16-12(15)11-8-13-10(7-14-11)6-9-2-4-17-5-3-9/h7-9H,2-6H2,1H3. The lowest BCUT2D eigenvalue weighted by atomic mass is 9.95. The third-order valence-electron chi connectivity index (χ3n) is 2.94. The summed E-state index contributed by atoms with van der Waals surface area (Å²) in [5.41, 5.74) is 1.17. The second-order valence-corrected chi connectivity index (χ2v) is 4.14. The maximum atomic E-state index is 11.2. The van der Waals surface area contributed by atoms with Crippen molar-refractivity contribution in [3.8, 4) is 0 Å². The van der Waals surface area contributed by atoms with E-state index >= 15 is 0 Å². The fraction of sp³-hybridized carbons (Fsp3) is 0.583. The van der Waals surface area contributed by atoms with Crippen LogP contribution in [0.1, 0.15) is 29.0 Å². The topological polar surface area (TPSA) is 61.3 Å². The minimum atomic E-state index is -0.449. The number of carbonyl (C=O) groups excluding carboxylic acids is 1. The summed E-state index contributed by atoms with van der Waals surface area (Å²) >= 11 is 0. The molecular formula is C12H16N2O3. The highest BCUT2D eigenvalue weighted by molar-refractivity contribution is 5.86. The molecule has 17 heavy (non-hydrogen) atoms. The van der Waals surface area contributed by atoms with Gasteiger partial charge in [-0.25, -0.2) is 9.78 Å². The third kappa shape index (κ3) is 3.23. The monoisotopic (exact) mass is 236 g/mol. The van der Waals surface area contributed by atoms with Crippen LogP contribution < -0.4 is 0 Å². The van der Waals surface area contributed by atoms with Gasteiger partial charge in [0, 0.05) is 19.4 Å². The summed E-state index contributed by atoms with van der Waals surface area (Å²) in [7, 11) is 1.33. The van der Waals surface area contributed by atoms with Crippen LogP contribution >= 0.6 is 0 Å². The molecular weight excluding hydrogens is 220 g/mol. The fourth-order valence-electron chi connectivity index (χ4n) is 1.92. The number of rotatable bonds is 3. The Hall–Kier alpha value is -1.49. The van der Waals surface area contributed by atoms with Crippen LogP contribution in [0.15, 0.2) is 12.4 Å². The van der Waals surface area contributed by atoms with Crippen molar-refractivity contribution in [3.63, 3.8) is 0 Å². The summed E-state index contributed by atoms with van der Waals surface area (Å²) in [6.45, 7) is 1.66. The number of methoxy groups -OCH3 is 1. The van der Waals surface area contributed by atoms with E-state index in [1.807, 2.05) is 0 Å². The molecule has 0 amide bonds. The Labute approximate surface area is 100 Å². The van der Waals surface area contributed by atoms with Crippen molar-refractivity contribution in [1.82, 2.24) is 9.97 Å². The molecule has 2 heterocycles. The number of aromatic nitrogens is 2. The van der Waals surface area contributed by atoms with E-state index in [2.05, 4.69) is 14.7 Å². The zero-order valence-electron chi connectivity index (χ0n) is 9.89. The molecule has 0 aliphatic carbocycles. The van der Waals surface area contributed by atoms with Crippen LogP contribution in [0.25, 0.3) is 0 Å². The van der Waals surface area contributed by atoms with E-state index in [4.69, 9.17) is 4.74 Å². The van der Waals surface area contributed by atoms with E-state index in [1.165, 1.54) is 13.3 Å². The normalized spacial score (nSPS) is 16.8. The SMILES string of the molecule is COC(=O)c1cnc(CC2CCOCC2)cn1. The van der Waals surface area contributed by atoms with Crippen LogP contribution in [-0.2, 0) is 15.9 Å². The Bertz CT molecular complexity index is 372. The van der Waals surface area contributed by atoms with Crippen LogP contribution in [0.2, 0.25) is 0 Å². The lowest BCUT2D eigenvalue weighted by Gasteiger charge is -2.21. The molecule has 2 rings (SSSR count). The third-order valence-corrected chi connectivity index (χ3v) is 2.94. The number of hydrogen-bond acceptors (Lipinski definition) is 5. The van der Waals surface area contributed by atoms with E-state index in [-0.39, 0.29) is 5.69 Å². The lowest BCUT2D eigenvalue weighted by Crippen LogP contribution is -2.18. The summed E-state index contributed by atoms with van der Waals surface area (Å²) in [6, 6.07) is 0. The summed E-state index contributed by atoms with van der Waals surface area (Å²) in [4.78, 5) is 19.5. The van der Waals surface area contributed by atoms with Gasteiger partial charge >= 0.3 is 5.97 Å².